The molecular formula is C24H28O6S. The standard InChI is InChI=1S/C24H28O6S/c1-3-31-24-22(28-16(2)25)21(26-14-17-10-6-4-7-11-17)20-19(29-24)15-27-23(30-20)18-12-8-5-9-13-18/h4-13,19-24H,3,14-15H2,1-2H3/t19?,20-,21?,22+,23?,24+/m1/s1. The zero-order valence-corrected chi connectivity index (χ0v) is 18.5. The van der Waals surface area contributed by atoms with Gasteiger partial charge in [-0.1, -0.05) is 67.6 Å². The maximum atomic E-state index is 11.9. The van der Waals surface area contributed by atoms with Gasteiger partial charge in [0.15, 0.2) is 12.4 Å². The largest absolute Gasteiger partial charge is 0.456 e. The van der Waals surface area contributed by atoms with E-state index < -0.39 is 24.6 Å². The summed E-state index contributed by atoms with van der Waals surface area (Å²) in [5.74, 6) is 0.452. The van der Waals surface area contributed by atoms with Gasteiger partial charge < -0.3 is 23.7 Å². The number of hydrogen-bond donors (Lipinski definition) is 0. The maximum Gasteiger partial charge on any atom is 0.303 e. The van der Waals surface area contributed by atoms with Gasteiger partial charge >= 0.3 is 5.97 Å². The van der Waals surface area contributed by atoms with Gasteiger partial charge in [0.05, 0.1) is 13.2 Å². The van der Waals surface area contributed by atoms with Gasteiger partial charge in [-0.15, -0.1) is 11.8 Å². The Morgan fingerprint density at radius 1 is 1.03 bits per heavy atom. The Morgan fingerprint density at radius 3 is 2.42 bits per heavy atom. The number of ether oxygens (including phenoxy) is 5. The molecule has 2 saturated heterocycles. The predicted octanol–water partition coefficient (Wildman–Crippen LogP) is 4.10. The van der Waals surface area contributed by atoms with Crippen LogP contribution in [0.15, 0.2) is 60.7 Å². The van der Waals surface area contributed by atoms with Crippen LogP contribution in [0.4, 0.5) is 0 Å². The monoisotopic (exact) mass is 444 g/mol. The molecule has 2 heterocycles. The lowest BCUT2D eigenvalue weighted by atomic mass is 9.98. The lowest BCUT2D eigenvalue weighted by molar-refractivity contribution is -0.326. The fourth-order valence-electron chi connectivity index (χ4n) is 3.90. The van der Waals surface area contributed by atoms with E-state index in [1.807, 2.05) is 67.6 Å². The highest BCUT2D eigenvalue weighted by atomic mass is 32.2. The first-order chi connectivity index (χ1) is 15.2. The summed E-state index contributed by atoms with van der Waals surface area (Å²) in [6.07, 6.45) is -2.33. The second-order valence-corrected chi connectivity index (χ2v) is 8.89. The smallest absolute Gasteiger partial charge is 0.303 e. The van der Waals surface area contributed by atoms with Crippen molar-refractivity contribution in [2.24, 2.45) is 0 Å². The normalized spacial score (nSPS) is 30.4. The van der Waals surface area contributed by atoms with Crippen molar-refractivity contribution in [3.05, 3.63) is 71.8 Å². The van der Waals surface area contributed by atoms with Crippen LogP contribution in [-0.4, -0.2) is 48.2 Å². The van der Waals surface area contributed by atoms with Crippen LogP contribution in [-0.2, 0) is 35.1 Å². The molecule has 166 valence electrons. The summed E-state index contributed by atoms with van der Waals surface area (Å²) in [7, 11) is 0. The van der Waals surface area contributed by atoms with E-state index in [4.69, 9.17) is 23.7 Å². The van der Waals surface area contributed by atoms with Crippen LogP contribution in [0.1, 0.15) is 31.3 Å². The van der Waals surface area contributed by atoms with Crippen LogP contribution in [0, 0.1) is 0 Å². The first-order valence-electron chi connectivity index (χ1n) is 10.6. The molecule has 0 aromatic heterocycles. The maximum absolute atomic E-state index is 11.9. The number of hydrogen-bond acceptors (Lipinski definition) is 7. The van der Waals surface area contributed by atoms with Gasteiger partial charge in [0.2, 0.25) is 0 Å². The summed E-state index contributed by atoms with van der Waals surface area (Å²) in [4.78, 5) is 11.9. The van der Waals surface area contributed by atoms with E-state index in [2.05, 4.69) is 0 Å². The number of carbonyl (C=O) groups excluding carboxylic acids is 1. The highest BCUT2D eigenvalue weighted by molar-refractivity contribution is 7.99. The lowest BCUT2D eigenvalue weighted by Crippen LogP contribution is -2.62. The van der Waals surface area contributed by atoms with Gasteiger partial charge in [-0.3, -0.25) is 4.79 Å². The van der Waals surface area contributed by atoms with Crippen molar-refractivity contribution in [1.82, 2.24) is 0 Å². The molecule has 2 fully saturated rings. The van der Waals surface area contributed by atoms with Crippen LogP contribution in [0.2, 0.25) is 0 Å². The summed E-state index contributed by atoms with van der Waals surface area (Å²) in [5, 5.41) is 0. The zero-order chi connectivity index (χ0) is 21.6. The molecule has 0 saturated carbocycles. The molecule has 2 aliphatic rings. The summed E-state index contributed by atoms with van der Waals surface area (Å²) in [5.41, 5.74) is 1.62. The van der Waals surface area contributed by atoms with Gasteiger partial charge in [-0.05, 0) is 11.3 Å². The van der Waals surface area contributed by atoms with Crippen LogP contribution in [0.5, 0.6) is 0 Å². The molecule has 6 atom stereocenters. The third-order valence-electron chi connectivity index (χ3n) is 5.27. The molecule has 6 nitrogen and oxygen atoms in total. The van der Waals surface area contributed by atoms with Crippen molar-refractivity contribution in [2.45, 2.75) is 56.6 Å². The predicted molar refractivity (Wildman–Crippen MR) is 117 cm³/mol. The van der Waals surface area contributed by atoms with Crippen molar-refractivity contribution in [1.29, 1.82) is 0 Å². The van der Waals surface area contributed by atoms with Gasteiger partial charge in [0.1, 0.15) is 23.7 Å². The third-order valence-corrected chi connectivity index (χ3v) is 6.32. The molecule has 0 aliphatic carbocycles. The molecule has 2 aromatic rings. The number of rotatable bonds is 7. The highest BCUT2D eigenvalue weighted by Gasteiger charge is 2.52. The second-order valence-electron chi connectivity index (χ2n) is 7.51. The molecule has 3 unspecified atom stereocenters. The molecule has 2 aromatic carbocycles. The average molecular weight is 445 g/mol. The minimum Gasteiger partial charge on any atom is -0.456 e. The molecule has 4 rings (SSSR count). The SMILES string of the molecule is CCS[C@@H]1OC2COC(c3ccccc3)O[C@H]2C(OCc2ccccc2)[C@@H]1OC(C)=O. The van der Waals surface area contributed by atoms with E-state index in [0.29, 0.717) is 13.2 Å². The van der Waals surface area contributed by atoms with Gasteiger partial charge in [-0.25, -0.2) is 0 Å². The lowest BCUT2D eigenvalue weighted by Gasteiger charge is -2.48. The van der Waals surface area contributed by atoms with Crippen molar-refractivity contribution < 1.29 is 28.5 Å². The molecule has 0 amide bonds. The van der Waals surface area contributed by atoms with E-state index >= 15 is 0 Å². The van der Waals surface area contributed by atoms with Crippen molar-refractivity contribution >= 4 is 17.7 Å². The van der Waals surface area contributed by atoms with Crippen LogP contribution in [0.3, 0.4) is 0 Å². The Kier molecular flexibility index (Phi) is 7.63. The fraction of sp³-hybridized carbons (Fsp3) is 0.458. The number of fused-ring (bicyclic) bond motifs is 1. The highest BCUT2D eigenvalue weighted by Crippen LogP contribution is 2.39. The number of benzene rings is 2. The summed E-state index contributed by atoms with van der Waals surface area (Å²) in [6, 6.07) is 19.7. The fourth-order valence-corrected chi connectivity index (χ4v) is 4.85. The van der Waals surface area contributed by atoms with E-state index in [-0.39, 0.29) is 17.5 Å². The zero-order valence-electron chi connectivity index (χ0n) is 17.7. The summed E-state index contributed by atoms with van der Waals surface area (Å²) >= 11 is 1.59. The summed E-state index contributed by atoms with van der Waals surface area (Å²) in [6.45, 7) is 4.22. The Labute approximate surface area is 187 Å². The minimum atomic E-state index is -0.582. The van der Waals surface area contributed by atoms with E-state index in [9.17, 15) is 4.79 Å². The van der Waals surface area contributed by atoms with Crippen molar-refractivity contribution in [3.8, 4) is 0 Å². The second kappa shape index (κ2) is 10.6. The molecule has 31 heavy (non-hydrogen) atoms. The molecule has 0 spiro atoms. The molecule has 0 N–H and O–H groups in total. The topological polar surface area (TPSA) is 63.2 Å². The first kappa shape index (κ1) is 22.3. The van der Waals surface area contributed by atoms with Gasteiger partial charge in [0.25, 0.3) is 0 Å². The Hall–Kier alpha value is -1.90. The molecule has 2 aliphatic heterocycles. The van der Waals surface area contributed by atoms with E-state index in [1.165, 1.54) is 6.92 Å². The van der Waals surface area contributed by atoms with E-state index in [0.717, 1.165) is 16.9 Å². The van der Waals surface area contributed by atoms with Crippen LogP contribution in [0.25, 0.3) is 0 Å². The number of esters is 1. The van der Waals surface area contributed by atoms with Crippen molar-refractivity contribution in [3.63, 3.8) is 0 Å². The minimum absolute atomic E-state index is 0.309. The molecular weight excluding hydrogens is 416 g/mol. The number of thioether (sulfide) groups is 1. The Morgan fingerprint density at radius 2 is 1.74 bits per heavy atom. The van der Waals surface area contributed by atoms with Crippen LogP contribution < -0.4 is 0 Å². The van der Waals surface area contributed by atoms with Gasteiger partial charge in [0, 0.05) is 12.5 Å². The molecule has 7 heteroatoms. The van der Waals surface area contributed by atoms with E-state index in [1.54, 1.807) is 11.8 Å². The third kappa shape index (κ3) is 5.48. The van der Waals surface area contributed by atoms with Gasteiger partial charge in [-0.2, -0.15) is 0 Å². The number of carbonyl (C=O) groups is 1. The summed E-state index contributed by atoms with van der Waals surface area (Å²) < 4.78 is 30.7. The van der Waals surface area contributed by atoms with Crippen molar-refractivity contribution in [2.75, 3.05) is 12.4 Å². The molecule has 0 bridgehead atoms. The first-order valence-corrected chi connectivity index (χ1v) is 11.6. The Balaban J connectivity index is 1.59. The quantitative estimate of drug-likeness (QED) is 0.596. The van der Waals surface area contributed by atoms with Crippen LogP contribution >= 0.6 is 11.8 Å². The molecule has 0 radical (unpaired) electrons. The average Bonchev–Trinajstić information content (AvgIpc) is 2.79. The Bertz CT molecular complexity index is 832.